The predicted molar refractivity (Wildman–Crippen MR) is 130 cm³/mol. The largest absolute Gasteiger partial charge is 0.493 e. The van der Waals surface area contributed by atoms with Crippen LogP contribution in [0.4, 0.5) is 0 Å². The van der Waals surface area contributed by atoms with Gasteiger partial charge in [-0.3, -0.25) is 4.68 Å². The lowest BCUT2D eigenvalue weighted by Gasteiger charge is -2.15. The van der Waals surface area contributed by atoms with Crippen LogP contribution in [0.25, 0.3) is 22.5 Å². The van der Waals surface area contributed by atoms with Gasteiger partial charge in [-0.15, -0.1) is 0 Å². The Morgan fingerprint density at radius 3 is 2.50 bits per heavy atom. The van der Waals surface area contributed by atoms with Crippen LogP contribution >= 0.6 is 0 Å². The summed E-state index contributed by atoms with van der Waals surface area (Å²) in [6.07, 6.45) is 1.81. The van der Waals surface area contributed by atoms with Crippen LogP contribution in [0, 0.1) is 0 Å². The van der Waals surface area contributed by atoms with Gasteiger partial charge in [-0.2, -0.15) is 5.10 Å². The van der Waals surface area contributed by atoms with Gasteiger partial charge in [0, 0.05) is 11.1 Å². The molecule has 0 aliphatic carbocycles. The van der Waals surface area contributed by atoms with Crippen LogP contribution < -0.4 is 14.2 Å². The number of ether oxygens (including phenoxy) is 3. The fourth-order valence-corrected chi connectivity index (χ4v) is 3.64. The number of carboxylic acid groups (broad SMARTS) is 1. The highest BCUT2D eigenvalue weighted by Crippen LogP contribution is 2.40. The van der Waals surface area contributed by atoms with Gasteiger partial charge in [0.2, 0.25) is 0 Å². The fraction of sp³-hybridized carbons (Fsp3) is 0.385. The topological polar surface area (TPSA) is 103 Å². The summed E-state index contributed by atoms with van der Waals surface area (Å²) in [5.41, 5.74) is 2.70. The predicted octanol–water partition coefficient (Wildman–Crippen LogP) is 4.88. The minimum atomic E-state index is -1.03. The SMILES string of the molecule is CCCCOc1ccc(C(=O)O)cc1-c1cc(-c2cccc(OC)c2OC)n(C[C@H](O)CC)n1. The van der Waals surface area contributed by atoms with Crippen LogP contribution in [-0.4, -0.2) is 52.9 Å². The van der Waals surface area contributed by atoms with Crippen molar-refractivity contribution in [3.05, 3.63) is 48.0 Å². The van der Waals surface area contributed by atoms with E-state index in [9.17, 15) is 15.0 Å². The molecular formula is C26H32N2O6. The van der Waals surface area contributed by atoms with E-state index in [1.54, 1.807) is 37.1 Å². The number of para-hydroxylation sites is 1. The molecule has 1 heterocycles. The Bertz CT molecular complexity index is 1120. The van der Waals surface area contributed by atoms with Gasteiger partial charge < -0.3 is 24.4 Å². The van der Waals surface area contributed by atoms with Gasteiger partial charge in [0.05, 0.1) is 50.4 Å². The second-order valence-electron chi connectivity index (χ2n) is 7.92. The number of aliphatic hydroxyl groups excluding tert-OH is 1. The average Bonchev–Trinajstić information content (AvgIpc) is 3.26. The zero-order valence-corrected chi connectivity index (χ0v) is 20.1. The standard InChI is InChI=1S/C26H32N2O6/c1-5-7-13-34-23-12-11-17(26(30)31)14-20(23)21-15-22(28(27-21)16-18(29)6-2)19-9-8-10-24(32-3)25(19)33-4/h8-12,14-15,18,29H,5-7,13,16H2,1-4H3,(H,30,31)/t18-/m1/s1. The van der Waals surface area contributed by atoms with Crippen LogP contribution in [0.1, 0.15) is 43.5 Å². The van der Waals surface area contributed by atoms with Crippen LogP contribution in [0.5, 0.6) is 17.2 Å². The molecular weight excluding hydrogens is 436 g/mol. The number of carbonyl (C=O) groups is 1. The van der Waals surface area contributed by atoms with Crippen molar-refractivity contribution in [1.29, 1.82) is 0 Å². The number of aromatic carboxylic acids is 1. The quantitative estimate of drug-likeness (QED) is 0.365. The molecule has 2 N–H and O–H groups in total. The molecule has 0 bridgehead atoms. The molecule has 0 unspecified atom stereocenters. The normalized spacial score (nSPS) is 11.8. The highest BCUT2D eigenvalue weighted by molar-refractivity contribution is 5.90. The summed E-state index contributed by atoms with van der Waals surface area (Å²) in [7, 11) is 3.14. The molecule has 8 nitrogen and oxygen atoms in total. The maximum atomic E-state index is 11.7. The number of benzene rings is 2. The van der Waals surface area contributed by atoms with Gasteiger partial charge in [0.15, 0.2) is 11.5 Å². The Labute approximate surface area is 199 Å². The molecule has 1 atom stereocenters. The first kappa shape index (κ1) is 25.1. The summed E-state index contributed by atoms with van der Waals surface area (Å²) in [5.74, 6) is 0.643. The summed E-state index contributed by atoms with van der Waals surface area (Å²) in [6, 6.07) is 12.2. The van der Waals surface area contributed by atoms with Gasteiger partial charge in [-0.05, 0) is 49.2 Å². The van der Waals surface area contributed by atoms with Gasteiger partial charge in [-0.1, -0.05) is 26.3 Å². The lowest BCUT2D eigenvalue weighted by molar-refractivity contribution is 0.0697. The van der Waals surface area contributed by atoms with Gasteiger partial charge in [0.1, 0.15) is 5.75 Å². The molecule has 0 saturated heterocycles. The van der Waals surface area contributed by atoms with Crippen molar-refractivity contribution < 1.29 is 29.2 Å². The third kappa shape index (κ3) is 5.51. The number of methoxy groups -OCH3 is 2. The monoisotopic (exact) mass is 468 g/mol. The number of aromatic nitrogens is 2. The molecule has 0 fully saturated rings. The molecule has 0 aliphatic rings. The van der Waals surface area contributed by atoms with Crippen molar-refractivity contribution in [2.75, 3.05) is 20.8 Å². The fourth-order valence-electron chi connectivity index (χ4n) is 3.64. The number of unbranched alkanes of at least 4 members (excludes halogenated alkanes) is 1. The number of rotatable bonds is 12. The lowest BCUT2D eigenvalue weighted by Crippen LogP contribution is -2.16. The van der Waals surface area contributed by atoms with E-state index in [1.807, 2.05) is 25.1 Å². The van der Waals surface area contributed by atoms with Crippen molar-refractivity contribution in [3.63, 3.8) is 0 Å². The molecule has 1 aromatic heterocycles. The number of hydrogen-bond acceptors (Lipinski definition) is 6. The molecule has 0 radical (unpaired) electrons. The zero-order chi connectivity index (χ0) is 24.7. The molecule has 3 rings (SSSR count). The maximum absolute atomic E-state index is 11.7. The smallest absolute Gasteiger partial charge is 0.335 e. The average molecular weight is 469 g/mol. The van der Waals surface area contributed by atoms with E-state index in [4.69, 9.17) is 19.3 Å². The highest BCUT2D eigenvalue weighted by atomic mass is 16.5. The van der Waals surface area contributed by atoms with Gasteiger partial charge in [0.25, 0.3) is 0 Å². The Morgan fingerprint density at radius 1 is 1.06 bits per heavy atom. The second-order valence-corrected chi connectivity index (χ2v) is 7.92. The molecule has 0 saturated carbocycles. The van der Waals surface area contributed by atoms with Crippen LogP contribution in [-0.2, 0) is 6.54 Å². The minimum Gasteiger partial charge on any atom is -0.493 e. The first-order chi connectivity index (χ1) is 16.4. The Balaban J connectivity index is 2.19. The molecule has 0 amide bonds. The van der Waals surface area contributed by atoms with E-state index in [0.717, 1.165) is 18.4 Å². The van der Waals surface area contributed by atoms with Crippen molar-refractivity contribution in [3.8, 4) is 39.8 Å². The van der Waals surface area contributed by atoms with E-state index < -0.39 is 12.1 Å². The molecule has 8 heteroatoms. The van der Waals surface area contributed by atoms with Crippen molar-refractivity contribution in [2.24, 2.45) is 0 Å². The van der Waals surface area contributed by atoms with Crippen LogP contribution in [0.15, 0.2) is 42.5 Å². The third-order valence-corrected chi connectivity index (χ3v) is 5.57. The minimum absolute atomic E-state index is 0.140. The zero-order valence-electron chi connectivity index (χ0n) is 20.1. The molecule has 0 spiro atoms. The summed E-state index contributed by atoms with van der Waals surface area (Å²) in [6.45, 7) is 4.75. The van der Waals surface area contributed by atoms with E-state index in [-0.39, 0.29) is 12.1 Å². The Hall–Kier alpha value is -3.52. The van der Waals surface area contributed by atoms with Crippen molar-refractivity contribution in [1.82, 2.24) is 9.78 Å². The number of nitrogens with zero attached hydrogens (tertiary/aromatic N) is 2. The molecule has 0 aliphatic heterocycles. The van der Waals surface area contributed by atoms with Crippen LogP contribution in [0.2, 0.25) is 0 Å². The van der Waals surface area contributed by atoms with E-state index in [1.165, 1.54) is 6.07 Å². The molecule has 3 aromatic rings. The number of hydrogen-bond donors (Lipinski definition) is 2. The summed E-state index contributed by atoms with van der Waals surface area (Å²) < 4.78 is 18.8. The highest BCUT2D eigenvalue weighted by Gasteiger charge is 2.21. The molecule has 34 heavy (non-hydrogen) atoms. The van der Waals surface area contributed by atoms with Crippen molar-refractivity contribution in [2.45, 2.75) is 45.8 Å². The number of aliphatic hydroxyl groups is 1. The van der Waals surface area contributed by atoms with E-state index >= 15 is 0 Å². The summed E-state index contributed by atoms with van der Waals surface area (Å²) in [4.78, 5) is 11.7. The Kier molecular flexibility index (Phi) is 8.54. The first-order valence-electron chi connectivity index (χ1n) is 11.4. The van der Waals surface area contributed by atoms with Gasteiger partial charge >= 0.3 is 5.97 Å². The number of carboxylic acids is 1. The first-order valence-corrected chi connectivity index (χ1v) is 11.4. The molecule has 2 aromatic carbocycles. The maximum Gasteiger partial charge on any atom is 0.335 e. The Morgan fingerprint density at radius 2 is 1.85 bits per heavy atom. The summed E-state index contributed by atoms with van der Waals surface area (Å²) >= 11 is 0. The second kappa shape index (κ2) is 11.6. The lowest BCUT2D eigenvalue weighted by atomic mass is 10.0. The van der Waals surface area contributed by atoms with Crippen molar-refractivity contribution >= 4 is 5.97 Å². The third-order valence-electron chi connectivity index (χ3n) is 5.57. The summed E-state index contributed by atoms with van der Waals surface area (Å²) in [5, 5.41) is 24.7. The molecule has 182 valence electrons. The van der Waals surface area contributed by atoms with E-state index in [0.29, 0.717) is 47.2 Å². The van der Waals surface area contributed by atoms with Crippen LogP contribution in [0.3, 0.4) is 0 Å². The van der Waals surface area contributed by atoms with Gasteiger partial charge in [-0.25, -0.2) is 4.79 Å². The van der Waals surface area contributed by atoms with E-state index in [2.05, 4.69) is 6.92 Å².